The quantitative estimate of drug-likeness (QED) is 0.837. The molecule has 2 nitrogen and oxygen atoms in total. The third kappa shape index (κ3) is 3.44. The fraction of sp³-hybridized carbons (Fsp3) is 0.188. The molecule has 0 atom stereocenters. The number of carbonyl (C=O) groups is 1. The second kappa shape index (κ2) is 6.02. The lowest BCUT2D eigenvalue weighted by Gasteiger charge is -2.18. The number of amides is 1. The van der Waals surface area contributed by atoms with Crippen LogP contribution in [0.15, 0.2) is 53.0 Å². The first-order valence-electron chi connectivity index (χ1n) is 6.13. The summed E-state index contributed by atoms with van der Waals surface area (Å²) in [7, 11) is 1.83. The van der Waals surface area contributed by atoms with Crippen molar-refractivity contribution in [2.75, 3.05) is 7.05 Å². The third-order valence-corrected chi connectivity index (χ3v) is 3.58. The maximum absolute atomic E-state index is 12.3. The molecule has 0 aromatic heterocycles. The number of benzene rings is 2. The molecule has 19 heavy (non-hydrogen) atoms. The molecule has 2 aromatic carbocycles. The number of rotatable bonds is 3. The van der Waals surface area contributed by atoms with Gasteiger partial charge in [-0.15, -0.1) is 0 Å². The van der Waals surface area contributed by atoms with Crippen LogP contribution in [0.5, 0.6) is 0 Å². The van der Waals surface area contributed by atoms with E-state index in [0.717, 1.165) is 4.47 Å². The van der Waals surface area contributed by atoms with Gasteiger partial charge in [0.25, 0.3) is 5.91 Å². The van der Waals surface area contributed by atoms with Gasteiger partial charge in [-0.1, -0.05) is 46.3 Å². The van der Waals surface area contributed by atoms with Crippen molar-refractivity contribution in [2.45, 2.75) is 13.5 Å². The van der Waals surface area contributed by atoms with Crippen molar-refractivity contribution in [1.82, 2.24) is 4.90 Å². The first kappa shape index (κ1) is 13.8. The van der Waals surface area contributed by atoms with E-state index in [1.165, 1.54) is 11.1 Å². The van der Waals surface area contributed by atoms with Crippen molar-refractivity contribution in [2.24, 2.45) is 0 Å². The molecule has 98 valence electrons. The molecule has 0 saturated carbocycles. The second-order valence-corrected chi connectivity index (χ2v) is 5.51. The summed E-state index contributed by atoms with van der Waals surface area (Å²) < 4.78 is 0.919. The highest BCUT2D eigenvalue weighted by atomic mass is 79.9. The summed E-state index contributed by atoms with van der Waals surface area (Å²) in [5, 5.41) is 0. The lowest BCUT2D eigenvalue weighted by molar-refractivity contribution is 0.0785. The van der Waals surface area contributed by atoms with Gasteiger partial charge in [0.05, 0.1) is 0 Å². The molecule has 0 unspecified atom stereocenters. The molecular formula is C16H16BrNO. The van der Waals surface area contributed by atoms with Gasteiger partial charge in [0, 0.05) is 23.6 Å². The zero-order valence-electron chi connectivity index (χ0n) is 11.1. The highest BCUT2D eigenvalue weighted by Gasteiger charge is 2.12. The number of hydrogen-bond acceptors (Lipinski definition) is 1. The lowest BCUT2D eigenvalue weighted by Crippen LogP contribution is -2.26. The average Bonchev–Trinajstić information content (AvgIpc) is 2.40. The Morgan fingerprint density at radius 1 is 1.16 bits per heavy atom. The number of aryl methyl sites for hydroxylation is 1. The molecule has 0 heterocycles. The molecule has 0 radical (unpaired) electrons. The first-order chi connectivity index (χ1) is 9.08. The van der Waals surface area contributed by atoms with Gasteiger partial charge >= 0.3 is 0 Å². The Hall–Kier alpha value is -1.61. The maximum Gasteiger partial charge on any atom is 0.253 e. The Bertz CT molecular complexity index is 595. The summed E-state index contributed by atoms with van der Waals surface area (Å²) in [6, 6.07) is 15.6. The Morgan fingerprint density at radius 3 is 2.58 bits per heavy atom. The fourth-order valence-corrected chi connectivity index (χ4v) is 2.36. The standard InChI is InChI=1S/C16H16BrNO/c1-12-6-3-4-7-14(12)11-18(2)16(19)13-8-5-9-15(17)10-13/h3-10H,11H2,1-2H3. The van der Waals surface area contributed by atoms with Gasteiger partial charge in [-0.3, -0.25) is 4.79 Å². The summed E-state index contributed by atoms with van der Waals surface area (Å²) in [5.74, 6) is 0.0320. The number of hydrogen-bond donors (Lipinski definition) is 0. The van der Waals surface area contributed by atoms with E-state index in [-0.39, 0.29) is 5.91 Å². The van der Waals surface area contributed by atoms with E-state index in [0.29, 0.717) is 12.1 Å². The van der Waals surface area contributed by atoms with Gasteiger partial charge in [0.1, 0.15) is 0 Å². The summed E-state index contributed by atoms with van der Waals surface area (Å²) in [6.07, 6.45) is 0. The van der Waals surface area contributed by atoms with E-state index in [2.05, 4.69) is 35.0 Å². The lowest BCUT2D eigenvalue weighted by atomic mass is 10.1. The summed E-state index contributed by atoms with van der Waals surface area (Å²) >= 11 is 3.39. The van der Waals surface area contributed by atoms with Gasteiger partial charge in [0.15, 0.2) is 0 Å². The maximum atomic E-state index is 12.3. The molecule has 0 fully saturated rings. The molecule has 1 amide bonds. The molecule has 2 rings (SSSR count). The molecule has 0 saturated heterocycles. The summed E-state index contributed by atoms with van der Waals surface area (Å²) in [4.78, 5) is 14.1. The van der Waals surface area contributed by atoms with E-state index in [1.807, 2.05) is 43.4 Å². The van der Waals surface area contributed by atoms with Crippen LogP contribution in [0.3, 0.4) is 0 Å². The fourth-order valence-electron chi connectivity index (χ4n) is 1.96. The Labute approximate surface area is 122 Å². The van der Waals surface area contributed by atoms with Crippen molar-refractivity contribution in [1.29, 1.82) is 0 Å². The van der Waals surface area contributed by atoms with Crippen LogP contribution in [-0.4, -0.2) is 17.9 Å². The Kier molecular flexibility index (Phi) is 4.38. The molecular weight excluding hydrogens is 302 g/mol. The van der Waals surface area contributed by atoms with Crippen LogP contribution in [0.4, 0.5) is 0 Å². The monoisotopic (exact) mass is 317 g/mol. The molecule has 0 aliphatic heterocycles. The molecule has 2 aromatic rings. The van der Waals surface area contributed by atoms with Gasteiger partial charge in [-0.2, -0.15) is 0 Å². The Morgan fingerprint density at radius 2 is 1.89 bits per heavy atom. The van der Waals surface area contributed by atoms with Crippen LogP contribution in [-0.2, 0) is 6.54 Å². The van der Waals surface area contributed by atoms with Crippen LogP contribution in [0.1, 0.15) is 21.5 Å². The van der Waals surface area contributed by atoms with Crippen LogP contribution in [0.2, 0.25) is 0 Å². The number of carbonyl (C=O) groups excluding carboxylic acids is 1. The van der Waals surface area contributed by atoms with E-state index in [1.54, 1.807) is 4.90 Å². The van der Waals surface area contributed by atoms with Crippen LogP contribution >= 0.6 is 15.9 Å². The summed E-state index contributed by atoms with van der Waals surface area (Å²) in [5.41, 5.74) is 3.08. The van der Waals surface area contributed by atoms with E-state index >= 15 is 0 Å². The summed E-state index contributed by atoms with van der Waals surface area (Å²) in [6.45, 7) is 2.69. The van der Waals surface area contributed by atoms with Gasteiger partial charge in [0.2, 0.25) is 0 Å². The van der Waals surface area contributed by atoms with Crippen molar-refractivity contribution in [3.8, 4) is 0 Å². The van der Waals surface area contributed by atoms with E-state index in [4.69, 9.17) is 0 Å². The molecule has 3 heteroatoms. The van der Waals surface area contributed by atoms with Crippen molar-refractivity contribution in [3.05, 3.63) is 69.7 Å². The van der Waals surface area contributed by atoms with Crippen LogP contribution in [0.25, 0.3) is 0 Å². The average molecular weight is 318 g/mol. The van der Waals surface area contributed by atoms with E-state index < -0.39 is 0 Å². The first-order valence-corrected chi connectivity index (χ1v) is 6.93. The van der Waals surface area contributed by atoms with Gasteiger partial charge in [-0.25, -0.2) is 0 Å². The van der Waals surface area contributed by atoms with Gasteiger partial charge < -0.3 is 4.90 Å². The minimum absolute atomic E-state index is 0.0320. The molecule has 0 spiro atoms. The minimum Gasteiger partial charge on any atom is -0.337 e. The van der Waals surface area contributed by atoms with E-state index in [9.17, 15) is 4.79 Å². The topological polar surface area (TPSA) is 20.3 Å². The van der Waals surface area contributed by atoms with Crippen molar-refractivity contribution in [3.63, 3.8) is 0 Å². The predicted octanol–water partition coefficient (Wildman–Crippen LogP) is 4.03. The Balaban J connectivity index is 2.14. The number of nitrogens with zero attached hydrogens (tertiary/aromatic N) is 1. The van der Waals surface area contributed by atoms with Crippen molar-refractivity contribution >= 4 is 21.8 Å². The minimum atomic E-state index is 0.0320. The molecule has 0 N–H and O–H groups in total. The SMILES string of the molecule is Cc1ccccc1CN(C)C(=O)c1cccc(Br)c1. The normalized spacial score (nSPS) is 10.3. The highest BCUT2D eigenvalue weighted by molar-refractivity contribution is 9.10. The van der Waals surface area contributed by atoms with Crippen molar-refractivity contribution < 1.29 is 4.79 Å². The van der Waals surface area contributed by atoms with Crippen LogP contribution in [0, 0.1) is 6.92 Å². The zero-order chi connectivity index (χ0) is 13.8. The molecule has 0 aliphatic rings. The van der Waals surface area contributed by atoms with Gasteiger partial charge in [-0.05, 0) is 36.2 Å². The largest absolute Gasteiger partial charge is 0.337 e. The number of halogens is 1. The second-order valence-electron chi connectivity index (χ2n) is 4.60. The zero-order valence-corrected chi connectivity index (χ0v) is 12.6. The third-order valence-electron chi connectivity index (χ3n) is 3.09. The van der Waals surface area contributed by atoms with Crippen LogP contribution < -0.4 is 0 Å². The smallest absolute Gasteiger partial charge is 0.253 e. The molecule has 0 aliphatic carbocycles. The molecule has 0 bridgehead atoms. The predicted molar refractivity (Wildman–Crippen MR) is 81.1 cm³/mol. The highest BCUT2D eigenvalue weighted by Crippen LogP contribution is 2.15.